The van der Waals surface area contributed by atoms with Gasteiger partial charge in [-0.15, -0.1) is 0 Å². The summed E-state index contributed by atoms with van der Waals surface area (Å²) in [5.74, 6) is 3.70. The molecule has 0 saturated carbocycles. The lowest BCUT2D eigenvalue weighted by Crippen LogP contribution is -2.36. The summed E-state index contributed by atoms with van der Waals surface area (Å²) in [6, 6.07) is 0. The first-order valence-electron chi connectivity index (χ1n) is 5.56. The Balaban J connectivity index is 1.95. The summed E-state index contributed by atoms with van der Waals surface area (Å²) in [6.07, 6.45) is 1.54. The highest BCUT2D eigenvalue weighted by Gasteiger charge is 2.23. The van der Waals surface area contributed by atoms with Crippen LogP contribution in [-0.4, -0.2) is 47.0 Å². The van der Waals surface area contributed by atoms with Crippen molar-refractivity contribution in [1.29, 1.82) is 0 Å². The molecule has 3 rings (SSSR count). The second-order valence-corrected chi connectivity index (χ2v) is 5.15. The van der Waals surface area contributed by atoms with Crippen molar-refractivity contribution in [3.8, 4) is 0 Å². The van der Waals surface area contributed by atoms with Gasteiger partial charge in [-0.1, -0.05) is 0 Å². The van der Waals surface area contributed by atoms with Crippen LogP contribution in [0.4, 0.5) is 17.3 Å². The van der Waals surface area contributed by atoms with E-state index in [0.29, 0.717) is 5.82 Å². The van der Waals surface area contributed by atoms with Gasteiger partial charge in [0.05, 0.1) is 6.54 Å². The number of rotatable bonds is 1. The van der Waals surface area contributed by atoms with E-state index in [4.69, 9.17) is 0 Å². The molecular formula is C10H13N5OS. The second kappa shape index (κ2) is 4.40. The molecule has 1 aromatic heterocycles. The highest BCUT2D eigenvalue weighted by atomic mass is 32.2. The highest BCUT2D eigenvalue weighted by Crippen LogP contribution is 2.32. The van der Waals surface area contributed by atoms with E-state index in [1.54, 1.807) is 6.33 Å². The van der Waals surface area contributed by atoms with Crippen molar-refractivity contribution in [3.63, 3.8) is 0 Å². The molecule has 1 aromatic rings. The maximum atomic E-state index is 11.4. The van der Waals surface area contributed by atoms with Crippen LogP contribution in [0.1, 0.15) is 0 Å². The molecule has 1 amide bonds. The normalized spacial score (nSPS) is 19.3. The number of nitrogens with one attached hydrogen (secondary N) is 2. The number of thioether (sulfide) groups is 1. The van der Waals surface area contributed by atoms with Crippen LogP contribution in [0.5, 0.6) is 0 Å². The molecule has 2 aliphatic heterocycles. The zero-order valence-electron chi connectivity index (χ0n) is 9.27. The van der Waals surface area contributed by atoms with Gasteiger partial charge in [-0.25, -0.2) is 9.97 Å². The number of nitrogens with zero attached hydrogens (tertiary/aromatic N) is 3. The lowest BCUT2D eigenvalue weighted by atomic mass is 10.3. The van der Waals surface area contributed by atoms with Crippen LogP contribution in [0.25, 0.3) is 0 Å². The Kier molecular flexibility index (Phi) is 2.76. The van der Waals surface area contributed by atoms with Gasteiger partial charge in [-0.2, -0.15) is 11.8 Å². The van der Waals surface area contributed by atoms with Crippen LogP contribution in [0.15, 0.2) is 6.33 Å². The molecule has 7 heteroatoms. The molecule has 0 atom stereocenters. The topological polar surface area (TPSA) is 70.2 Å². The molecule has 0 unspecified atom stereocenters. The fourth-order valence-electron chi connectivity index (χ4n) is 1.99. The van der Waals surface area contributed by atoms with E-state index < -0.39 is 0 Å². The first-order chi connectivity index (χ1) is 8.34. The molecule has 2 N–H and O–H groups in total. The number of aromatic nitrogens is 2. The van der Waals surface area contributed by atoms with Crippen molar-refractivity contribution in [3.05, 3.63) is 6.33 Å². The molecule has 0 bridgehead atoms. The van der Waals surface area contributed by atoms with E-state index in [2.05, 4.69) is 25.5 Å². The largest absolute Gasteiger partial charge is 0.359 e. The van der Waals surface area contributed by atoms with Gasteiger partial charge in [0.25, 0.3) is 0 Å². The molecule has 0 radical (unpaired) electrons. The molecule has 1 fully saturated rings. The molecule has 6 nitrogen and oxygen atoms in total. The monoisotopic (exact) mass is 251 g/mol. The summed E-state index contributed by atoms with van der Waals surface area (Å²) in [7, 11) is 0. The molecule has 90 valence electrons. The van der Waals surface area contributed by atoms with Gasteiger partial charge in [0.1, 0.15) is 12.0 Å². The first-order valence-corrected chi connectivity index (χ1v) is 6.71. The Bertz CT molecular complexity index is 446. The second-order valence-electron chi connectivity index (χ2n) is 3.92. The average Bonchev–Trinajstić information content (AvgIpc) is 2.39. The molecular weight excluding hydrogens is 238 g/mol. The summed E-state index contributed by atoms with van der Waals surface area (Å²) < 4.78 is 0. The number of fused-ring (bicyclic) bond motifs is 1. The Morgan fingerprint density at radius 1 is 1.29 bits per heavy atom. The van der Waals surface area contributed by atoms with Gasteiger partial charge in [0.2, 0.25) is 5.91 Å². The zero-order chi connectivity index (χ0) is 11.7. The fraction of sp³-hybridized carbons (Fsp3) is 0.500. The summed E-state index contributed by atoms with van der Waals surface area (Å²) in [4.78, 5) is 22.0. The molecule has 0 spiro atoms. The van der Waals surface area contributed by atoms with Crippen molar-refractivity contribution in [1.82, 2.24) is 9.97 Å². The van der Waals surface area contributed by atoms with E-state index in [-0.39, 0.29) is 12.5 Å². The van der Waals surface area contributed by atoms with E-state index in [1.807, 2.05) is 11.8 Å². The van der Waals surface area contributed by atoms with E-state index in [1.165, 1.54) is 0 Å². The summed E-state index contributed by atoms with van der Waals surface area (Å²) >= 11 is 1.94. The van der Waals surface area contributed by atoms with Gasteiger partial charge in [-0.05, 0) is 0 Å². The Morgan fingerprint density at radius 3 is 2.94 bits per heavy atom. The lowest BCUT2D eigenvalue weighted by molar-refractivity contribution is -0.114. The van der Waals surface area contributed by atoms with E-state index in [9.17, 15) is 4.79 Å². The standard InChI is InChI=1S/C10H13N5OS/c16-7-5-11-9-8(14-7)10(13-6-12-9)15-1-3-17-4-2-15/h6H,1-5H2,(H,14,16)(H,11,12,13). The van der Waals surface area contributed by atoms with Gasteiger partial charge in [0.15, 0.2) is 11.6 Å². The van der Waals surface area contributed by atoms with Crippen molar-refractivity contribution in [2.24, 2.45) is 0 Å². The fourth-order valence-corrected chi connectivity index (χ4v) is 2.89. The maximum Gasteiger partial charge on any atom is 0.243 e. The summed E-state index contributed by atoms with van der Waals surface area (Å²) in [5, 5.41) is 5.85. The maximum absolute atomic E-state index is 11.4. The third-order valence-corrected chi connectivity index (χ3v) is 3.76. The van der Waals surface area contributed by atoms with Crippen molar-refractivity contribution in [2.75, 3.05) is 46.7 Å². The predicted octanol–water partition coefficient (Wildman–Crippen LogP) is 0.394. The molecule has 0 aromatic carbocycles. The molecule has 3 heterocycles. The van der Waals surface area contributed by atoms with E-state index in [0.717, 1.165) is 36.1 Å². The quantitative estimate of drug-likeness (QED) is 0.752. The van der Waals surface area contributed by atoms with Crippen molar-refractivity contribution < 1.29 is 4.79 Å². The minimum absolute atomic E-state index is 0.0417. The van der Waals surface area contributed by atoms with Crippen LogP contribution < -0.4 is 15.5 Å². The smallest absolute Gasteiger partial charge is 0.243 e. The van der Waals surface area contributed by atoms with Crippen LogP contribution in [0.3, 0.4) is 0 Å². The lowest BCUT2D eigenvalue weighted by Gasteiger charge is -2.30. The number of hydrogen-bond acceptors (Lipinski definition) is 6. The molecule has 0 aliphatic carbocycles. The van der Waals surface area contributed by atoms with Gasteiger partial charge in [0, 0.05) is 24.6 Å². The first kappa shape index (κ1) is 10.6. The SMILES string of the molecule is O=C1CNc2ncnc(N3CCSCC3)c2N1. The van der Waals surface area contributed by atoms with Crippen molar-refractivity contribution >= 4 is 35.0 Å². The number of amides is 1. The third-order valence-electron chi connectivity index (χ3n) is 2.82. The van der Waals surface area contributed by atoms with Crippen molar-refractivity contribution in [2.45, 2.75) is 0 Å². The van der Waals surface area contributed by atoms with Crippen LogP contribution >= 0.6 is 11.8 Å². The minimum atomic E-state index is -0.0417. The van der Waals surface area contributed by atoms with Gasteiger partial charge >= 0.3 is 0 Å². The van der Waals surface area contributed by atoms with Gasteiger partial charge in [-0.3, -0.25) is 4.79 Å². The molecule has 2 aliphatic rings. The molecule has 1 saturated heterocycles. The minimum Gasteiger partial charge on any atom is -0.359 e. The summed E-state index contributed by atoms with van der Waals surface area (Å²) in [5.41, 5.74) is 0.718. The third kappa shape index (κ3) is 2.02. The number of anilines is 3. The number of carbonyl (C=O) groups is 1. The average molecular weight is 251 g/mol. The predicted molar refractivity (Wildman–Crippen MR) is 68.7 cm³/mol. The highest BCUT2D eigenvalue weighted by molar-refractivity contribution is 7.99. The Morgan fingerprint density at radius 2 is 2.12 bits per heavy atom. The Labute approximate surface area is 103 Å². The Hall–Kier alpha value is -1.50. The van der Waals surface area contributed by atoms with Crippen LogP contribution in [-0.2, 0) is 4.79 Å². The van der Waals surface area contributed by atoms with Crippen LogP contribution in [0.2, 0.25) is 0 Å². The van der Waals surface area contributed by atoms with Crippen LogP contribution in [0, 0.1) is 0 Å². The van der Waals surface area contributed by atoms with Gasteiger partial charge < -0.3 is 15.5 Å². The number of hydrogen-bond donors (Lipinski definition) is 2. The zero-order valence-corrected chi connectivity index (χ0v) is 10.1. The molecule has 17 heavy (non-hydrogen) atoms. The summed E-state index contributed by atoms with van der Waals surface area (Å²) in [6.45, 7) is 2.20. The number of carbonyl (C=O) groups excluding carboxylic acids is 1. The van der Waals surface area contributed by atoms with E-state index >= 15 is 0 Å².